The molecule has 1 aliphatic heterocycles. The number of nitrogens with zero attached hydrogens (tertiary/aromatic N) is 2. The van der Waals surface area contributed by atoms with Gasteiger partial charge in [0.2, 0.25) is 6.43 Å². The summed E-state index contributed by atoms with van der Waals surface area (Å²) in [6.07, 6.45) is -3.26. The van der Waals surface area contributed by atoms with E-state index in [9.17, 15) is 26.7 Å². The Morgan fingerprint density at radius 1 is 1.09 bits per heavy atom. The summed E-state index contributed by atoms with van der Waals surface area (Å²) in [5.74, 6) is -2.14. The van der Waals surface area contributed by atoms with E-state index in [0.717, 1.165) is 11.0 Å². The number of carbonyl (C=O) groups excluding carboxylic acids is 1. The van der Waals surface area contributed by atoms with E-state index in [4.69, 9.17) is 16.2 Å². The largest absolute Gasteiger partial charge is 0.490 e. The van der Waals surface area contributed by atoms with E-state index in [0.29, 0.717) is 0 Å². The van der Waals surface area contributed by atoms with E-state index in [2.05, 4.69) is 9.73 Å². The fourth-order valence-corrected chi connectivity index (χ4v) is 3.46. The predicted octanol–water partition coefficient (Wildman–Crippen LogP) is 2.95. The number of aliphatic imine (C=N–C) groups is 1. The first-order valence-corrected chi connectivity index (χ1v) is 9.73. The Morgan fingerprint density at radius 3 is 2.33 bits per heavy atom. The smallest absolute Gasteiger partial charge is 0.387 e. The van der Waals surface area contributed by atoms with E-state index in [1.807, 2.05) is 0 Å². The van der Waals surface area contributed by atoms with E-state index < -0.39 is 43.3 Å². The minimum Gasteiger partial charge on any atom is -0.490 e. The molecule has 3 rings (SSSR count). The van der Waals surface area contributed by atoms with Crippen molar-refractivity contribution in [3.05, 3.63) is 58.9 Å². The zero-order valence-electron chi connectivity index (χ0n) is 17.4. The second-order valence-electron chi connectivity index (χ2n) is 7.12. The SMILES string of the molecule is CN1C(=O)C(c2ccc(OC(F)F)c(CN)c2)(c2ccc(F)c(OCCC(F)F)c2)N=C1N. The van der Waals surface area contributed by atoms with Gasteiger partial charge in [-0.2, -0.15) is 8.78 Å². The molecule has 1 atom stereocenters. The molecule has 0 aromatic heterocycles. The molecule has 0 fully saturated rings. The van der Waals surface area contributed by atoms with Gasteiger partial charge < -0.3 is 20.9 Å². The second-order valence-corrected chi connectivity index (χ2v) is 7.12. The number of ether oxygens (including phenoxy) is 2. The van der Waals surface area contributed by atoms with Gasteiger partial charge in [-0.1, -0.05) is 12.1 Å². The van der Waals surface area contributed by atoms with Crippen LogP contribution < -0.4 is 20.9 Å². The van der Waals surface area contributed by atoms with Crippen LogP contribution in [0.3, 0.4) is 0 Å². The van der Waals surface area contributed by atoms with Crippen molar-refractivity contribution in [1.82, 2.24) is 4.90 Å². The minimum absolute atomic E-state index is 0.124. The van der Waals surface area contributed by atoms with E-state index in [-0.39, 0.29) is 40.7 Å². The topological polar surface area (TPSA) is 103 Å². The third-order valence-corrected chi connectivity index (χ3v) is 5.10. The number of halogens is 5. The number of hydrogen-bond acceptors (Lipinski definition) is 6. The van der Waals surface area contributed by atoms with Crippen molar-refractivity contribution in [2.24, 2.45) is 16.5 Å². The number of likely N-dealkylation sites (N-methyl/N-ethyl adjacent to an activating group) is 1. The Morgan fingerprint density at radius 2 is 1.76 bits per heavy atom. The number of carbonyl (C=O) groups is 1. The van der Waals surface area contributed by atoms with Gasteiger partial charge in [-0.05, 0) is 35.4 Å². The minimum atomic E-state index is -3.09. The van der Waals surface area contributed by atoms with Crippen LogP contribution in [0.1, 0.15) is 23.1 Å². The predicted molar refractivity (Wildman–Crippen MR) is 109 cm³/mol. The zero-order valence-corrected chi connectivity index (χ0v) is 17.4. The molecule has 1 heterocycles. The number of nitrogens with two attached hydrogens (primary N) is 2. The van der Waals surface area contributed by atoms with Crippen molar-refractivity contribution in [1.29, 1.82) is 0 Å². The summed E-state index contributed by atoms with van der Waals surface area (Å²) >= 11 is 0. The van der Waals surface area contributed by atoms with Crippen molar-refractivity contribution in [3.8, 4) is 11.5 Å². The van der Waals surface area contributed by atoms with Crippen LogP contribution in [0.2, 0.25) is 0 Å². The van der Waals surface area contributed by atoms with Gasteiger partial charge >= 0.3 is 6.61 Å². The lowest BCUT2D eigenvalue weighted by atomic mass is 9.82. The molecule has 1 amide bonds. The molecule has 0 saturated heterocycles. The number of guanidine groups is 1. The van der Waals surface area contributed by atoms with Crippen molar-refractivity contribution < 1.29 is 36.2 Å². The van der Waals surface area contributed by atoms with E-state index in [1.165, 1.54) is 37.4 Å². The van der Waals surface area contributed by atoms with Crippen LogP contribution in [0, 0.1) is 5.82 Å². The van der Waals surface area contributed by atoms with Crippen LogP contribution in [-0.2, 0) is 16.9 Å². The molecule has 33 heavy (non-hydrogen) atoms. The molecular formula is C21H21F5N4O3. The van der Waals surface area contributed by atoms with Gasteiger partial charge in [0.05, 0.1) is 6.61 Å². The highest BCUT2D eigenvalue weighted by Gasteiger charge is 2.50. The lowest BCUT2D eigenvalue weighted by Gasteiger charge is -2.27. The van der Waals surface area contributed by atoms with Crippen molar-refractivity contribution >= 4 is 11.9 Å². The van der Waals surface area contributed by atoms with Gasteiger partial charge in [-0.15, -0.1) is 0 Å². The number of rotatable bonds is 9. The maximum absolute atomic E-state index is 14.3. The summed E-state index contributed by atoms with van der Waals surface area (Å²) in [6.45, 7) is -3.74. The molecule has 1 aliphatic rings. The monoisotopic (exact) mass is 472 g/mol. The first-order chi connectivity index (χ1) is 15.6. The molecule has 7 nitrogen and oxygen atoms in total. The molecule has 12 heteroatoms. The molecular weight excluding hydrogens is 451 g/mol. The number of amides is 1. The quantitative estimate of drug-likeness (QED) is 0.547. The maximum Gasteiger partial charge on any atom is 0.387 e. The Hall–Kier alpha value is -3.41. The zero-order chi connectivity index (χ0) is 24.3. The maximum atomic E-state index is 14.3. The van der Waals surface area contributed by atoms with Gasteiger partial charge in [0.25, 0.3) is 5.91 Å². The van der Waals surface area contributed by atoms with Gasteiger partial charge in [-0.25, -0.2) is 18.2 Å². The fraction of sp³-hybridized carbons (Fsp3) is 0.333. The summed E-state index contributed by atoms with van der Waals surface area (Å²) in [5.41, 5.74) is 10.2. The van der Waals surface area contributed by atoms with Crippen molar-refractivity contribution in [2.45, 2.75) is 31.5 Å². The first kappa shape index (κ1) is 24.2. The molecule has 1 unspecified atom stereocenters. The summed E-state index contributed by atoms with van der Waals surface area (Å²) in [7, 11) is 1.38. The Labute approximate surface area is 185 Å². The Kier molecular flexibility index (Phi) is 7.06. The van der Waals surface area contributed by atoms with Gasteiger partial charge in [0.1, 0.15) is 5.75 Å². The molecule has 0 aliphatic carbocycles. The van der Waals surface area contributed by atoms with Crippen LogP contribution in [0.15, 0.2) is 41.4 Å². The van der Waals surface area contributed by atoms with E-state index in [1.54, 1.807) is 0 Å². The standard InChI is InChI=1S/C21H21F5N4O3/c1-30-18(31)21(29-20(30)28,12-3-5-15(33-19(25)26)11(8-12)10-27)13-2-4-14(22)16(9-13)32-7-6-17(23)24/h2-5,8-9,17,19H,6-7,10,27H2,1H3,(H2,28,29). The highest BCUT2D eigenvalue weighted by Crippen LogP contribution is 2.42. The lowest BCUT2D eigenvalue weighted by molar-refractivity contribution is -0.129. The number of hydrogen-bond donors (Lipinski definition) is 2. The average Bonchev–Trinajstić information content (AvgIpc) is 2.99. The van der Waals surface area contributed by atoms with Gasteiger partial charge in [-0.3, -0.25) is 9.69 Å². The number of alkyl halides is 4. The first-order valence-electron chi connectivity index (χ1n) is 9.73. The van der Waals surface area contributed by atoms with Crippen LogP contribution in [0.25, 0.3) is 0 Å². The van der Waals surface area contributed by atoms with Gasteiger partial charge in [0.15, 0.2) is 23.1 Å². The Balaban J connectivity index is 2.14. The molecule has 0 bridgehead atoms. The van der Waals surface area contributed by atoms with Crippen LogP contribution >= 0.6 is 0 Å². The Bertz CT molecular complexity index is 1070. The summed E-state index contributed by atoms with van der Waals surface area (Å²) in [4.78, 5) is 18.7. The molecule has 0 radical (unpaired) electrons. The van der Waals surface area contributed by atoms with Crippen LogP contribution in [0.4, 0.5) is 22.0 Å². The van der Waals surface area contributed by atoms with E-state index >= 15 is 0 Å². The third-order valence-electron chi connectivity index (χ3n) is 5.10. The highest BCUT2D eigenvalue weighted by atomic mass is 19.3. The lowest BCUT2D eigenvalue weighted by Crippen LogP contribution is -2.41. The third kappa shape index (κ3) is 4.70. The van der Waals surface area contributed by atoms with Crippen molar-refractivity contribution in [2.75, 3.05) is 13.7 Å². The molecule has 2 aromatic carbocycles. The summed E-state index contributed by atoms with van der Waals surface area (Å²) in [6, 6.07) is 7.36. The fourth-order valence-electron chi connectivity index (χ4n) is 3.46. The van der Waals surface area contributed by atoms with Crippen LogP contribution in [-0.4, -0.2) is 43.5 Å². The normalized spacial score (nSPS) is 18.3. The molecule has 4 N–H and O–H groups in total. The molecule has 178 valence electrons. The van der Waals surface area contributed by atoms with Crippen LogP contribution in [0.5, 0.6) is 11.5 Å². The molecule has 0 saturated carbocycles. The number of benzene rings is 2. The average molecular weight is 472 g/mol. The van der Waals surface area contributed by atoms with Gasteiger partial charge in [0, 0.05) is 25.6 Å². The highest BCUT2D eigenvalue weighted by molar-refractivity contribution is 6.09. The molecule has 0 spiro atoms. The second kappa shape index (κ2) is 9.61. The summed E-state index contributed by atoms with van der Waals surface area (Å²) in [5, 5.41) is 0. The van der Waals surface area contributed by atoms with Crippen molar-refractivity contribution in [3.63, 3.8) is 0 Å². The summed E-state index contributed by atoms with van der Waals surface area (Å²) < 4.78 is 74.2. The molecule has 2 aromatic rings.